The molecule has 0 saturated carbocycles. The Kier molecular flexibility index (Phi) is 8.03. The quantitative estimate of drug-likeness (QED) is 0.397. The average Bonchev–Trinajstić information content (AvgIpc) is 3.18. The molecular weight excluding hydrogens is 440 g/mol. The fraction of sp³-hybridized carbons (Fsp3) is 0.379. The molecule has 1 aliphatic heterocycles. The van der Waals surface area contributed by atoms with Crippen LogP contribution >= 0.6 is 0 Å². The van der Waals surface area contributed by atoms with Crippen molar-refractivity contribution in [3.8, 4) is 5.75 Å². The molecule has 0 spiro atoms. The van der Waals surface area contributed by atoms with E-state index in [0.717, 1.165) is 41.0 Å². The lowest BCUT2D eigenvalue weighted by molar-refractivity contribution is -0.144. The van der Waals surface area contributed by atoms with E-state index in [0.29, 0.717) is 43.7 Å². The van der Waals surface area contributed by atoms with Crippen LogP contribution in [0.4, 0.5) is 0 Å². The Morgan fingerprint density at radius 3 is 2.80 bits per heavy atom. The van der Waals surface area contributed by atoms with E-state index >= 15 is 0 Å². The number of carbonyl (C=O) groups is 1. The molecule has 1 N–H and O–H groups in total. The van der Waals surface area contributed by atoms with Crippen LogP contribution in [0.1, 0.15) is 60.3 Å². The van der Waals surface area contributed by atoms with E-state index in [9.17, 15) is 9.90 Å². The van der Waals surface area contributed by atoms with Gasteiger partial charge in [0.15, 0.2) is 0 Å². The Morgan fingerprint density at radius 2 is 2.06 bits per heavy atom. The summed E-state index contributed by atoms with van der Waals surface area (Å²) in [7, 11) is 0. The summed E-state index contributed by atoms with van der Waals surface area (Å²) < 4.78 is 11.8. The van der Waals surface area contributed by atoms with E-state index in [1.165, 1.54) is 0 Å². The first-order valence-corrected chi connectivity index (χ1v) is 12.3. The van der Waals surface area contributed by atoms with Crippen LogP contribution in [0.15, 0.2) is 59.0 Å². The van der Waals surface area contributed by atoms with Gasteiger partial charge in [0, 0.05) is 19.5 Å². The molecule has 2 aromatic carbocycles. The van der Waals surface area contributed by atoms with Crippen LogP contribution in [0, 0.1) is 12.8 Å². The molecule has 1 aliphatic rings. The van der Waals surface area contributed by atoms with Gasteiger partial charge in [-0.3, -0.25) is 9.69 Å². The number of hydrogen-bond donors (Lipinski definition) is 1. The van der Waals surface area contributed by atoms with Crippen LogP contribution in [0.2, 0.25) is 0 Å². The number of carboxylic acid groups (broad SMARTS) is 1. The number of aryl methyl sites for hydroxylation is 1. The van der Waals surface area contributed by atoms with Crippen molar-refractivity contribution in [1.82, 2.24) is 9.88 Å². The summed E-state index contributed by atoms with van der Waals surface area (Å²) in [5.74, 6) is 1.85. The molecule has 0 bridgehead atoms. The van der Waals surface area contributed by atoms with Crippen molar-refractivity contribution in [1.29, 1.82) is 0 Å². The fourth-order valence-electron chi connectivity index (χ4n) is 4.47. The summed E-state index contributed by atoms with van der Waals surface area (Å²) in [6.07, 6.45) is 6.43. The standard InChI is InChI=1S/C29H34N2O4/c1-20(2)8-7-11-27-30-26(21(3)35-27)15-17-34-24-13-12-23-14-16-31(19-22-9-5-4-6-10-22)28(29(32)33)25(23)18-24/h4-7,9-13,18,20,28H,8,14-17,19H2,1-3H3,(H,32,33). The van der Waals surface area contributed by atoms with Gasteiger partial charge >= 0.3 is 5.97 Å². The second kappa shape index (κ2) is 11.4. The highest BCUT2D eigenvalue weighted by Gasteiger charge is 2.33. The third-order valence-corrected chi connectivity index (χ3v) is 6.29. The van der Waals surface area contributed by atoms with Crippen molar-refractivity contribution in [2.45, 2.75) is 52.6 Å². The third kappa shape index (κ3) is 6.40. The highest BCUT2D eigenvalue weighted by Crippen LogP contribution is 2.34. The SMILES string of the molecule is Cc1oc(C=CCC(C)C)nc1CCOc1ccc2c(c1)C(C(=O)O)N(Cc1ccccc1)CC2. The number of ether oxygens (including phenoxy) is 1. The first kappa shape index (κ1) is 24.7. The van der Waals surface area contributed by atoms with Gasteiger partial charge in [0.05, 0.1) is 12.3 Å². The first-order chi connectivity index (χ1) is 16.9. The van der Waals surface area contributed by atoms with Crippen LogP contribution < -0.4 is 4.74 Å². The lowest BCUT2D eigenvalue weighted by Crippen LogP contribution is -2.39. The molecule has 6 nitrogen and oxygen atoms in total. The summed E-state index contributed by atoms with van der Waals surface area (Å²) in [6, 6.07) is 15.1. The van der Waals surface area contributed by atoms with Gasteiger partial charge in [-0.05, 0) is 60.6 Å². The Morgan fingerprint density at radius 1 is 1.26 bits per heavy atom. The summed E-state index contributed by atoms with van der Waals surface area (Å²) >= 11 is 0. The maximum absolute atomic E-state index is 12.3. The van der Waals surface area contributed by atoms with Crippen LogP contribution in [0.3, 0.4) is 0 Å². The van der Waals surface area contributed by atoms with Crippen molar-refractivity contribution in [3.05, 3.63) is 88.6 Å². The molecule has 0 amide bonds. The minimum atomic E-state index is -0.838. The van der Waals surface area contributed by atoms with Gasteiger partial charge in [0.1, 0.15) is 17.6 Å². The molecule has 1 unspecified atom stereocenters. The van der Waals surface area contributed by atoms with E-state index in [1.807, 2.05) is 66.4 Å². The molecule has 184 valence electrons. The van der Waals surface area contributed by atoms with Crippen LogP contribution in [-0.4, -0.2) is 34.1 Å². The smallest absolute Gasteiger partial charge is 0.325 e. The molecule has 0 fully saturated rings. The third-order valence-electron chi connectivity index (χ3n) is 6.29. The number of carboxylic acids is 1. The second-order valence-corrected chi connectivity index (χ2v) is 9.49. The average molecular weight is 475 g/mol. The molecule has 6 heteroatoms. The molecule has 1 aromatic heterocycles. The zero-order chi connectivity index (χ0) is 24.8. The first-order valence-electron chi connectivity index (χ1n) is 12.3. The molecule has 2 heterocycles. The van der Waals surface area contributed by atoms with E-state index in [2.05, 4.69) is 24.9 Å². The van der Waals surface area contributed by atoms with E-state index < -0.39 is 12.0 Å². The normalized spacial score (nSPS) is 16.1. The van der Waals surface area contributed by atoms with Gasteiger partial charge in [0.2, 0.25) is 5.89 Å². The van der Waals surface area contributed by atoms with Crippen LogP contribution in [0.25, 0.3) is 6.08 Å². The van der Waals surface area contributed by atoms with Crippen LogP contribution in [0.5, 0.6) is 5.75 Å². The molecule has 0 aliphatic carbocycles. The number of fused-ring (bicyclic) bond motifs is 1. The van der Waals surface area contributed by atoms with Crippen LogP contribution in [-0.2, 0) is 24.2 Å². The number of allylic oxidation sites excluding steroid dienone is 1. The molecule has 0 saturated heterocycles. The summed E-state index contributed by atoms with van der Waals surface area (Å²) in [5, 5.41) is 10.1. The van der Waals surface area contributed by atoms with Gasteiger partial charge in [-0.2, -0.15) is 0 Å². The molecule has 1 atom stereocenters. The number of nitrogens with zero attached hydrogens (tertiary/aromatic N) is 2. The number of benzene rings is 2. The Hall–Kier alpha value is -3.38. The van der Waals surface area contributed by atoms with Crippen molar-refractivity contribution in [2.75, 3.05) is 13.2 Å². The second-order valence-electron chi connectivity index (χ2n) is 9.49. The molecule has 4 rings (SSSR count). The van der Waals surface area contributed by atoms with Crippen molar-refractivity contribution in [2.24, 2.45) is 5.92 Å². The largest absolute Gasteiger partial charge is 0.493 e. The van der Waals surface area contributed by atoms with Gasteiger partial charge in [-0.1, -0.05) is 56.3 Å². The van der Waals surface area contributed by atoms with Crippen molar-refractivity contribution < 1.29 is 19.1 Å². The maximum Gasteiger partial charge on any atom is 0.325 e. The predicted octanol–water partition coefficient (Wildman–Crippen LogP) is 5.85. The monoisotopic (exact) mass is 474 g/mol. The molecule has 3 aromatic rings. The zero-order valence-electron chi connectivity index (χ0n) is 20.7. The van der Waals surface area contributed by atoms with Crippen molar-refractivity contribution >= 4 is 12.0 Å². The number of oxazole rings is 1. The van der Waals surface area contributed by atoms with E-state index in [1.54, 1.807) is 0 Å². The molecular formula is C29H34N2O4. The lowest BCUT2D eigenvalue weighted by Gasteiger charge is -2.35. The van der Waals surface area contributed by atoms with Gasteiger partial charge in [0.25, 0.3) is 0 Å². The topological polar surface area (TPSA) is 75.8 Å². The Bertz CT molecular complexity index is 1170. The van der Waals surface area contributed by atoms with E-state index in [-0.39, 0.29) is 0 Å². The Labute approximate surface area is 207 Å². The summed E-state index contributed by atoms with van der Waals surface area (Å²) in [5.41, 5.74) is 3.87. The van der Waals surface area contributed by atoms with Crippen molar-refractivity contribution in [3.63, 3.8) is 0 Å². The maximum atomic E-state index is 12.3. The van der Waals surface area contributed by atoms with Gasteiger partial charge in [-0.25, -0.2) is 4.98 Å². The lowest BCUT2D eigenvalue weighted by atomic mass is 9.92. The number of rotatable bonds is 10. The van der Waals surface area contributed by atoms with E-state index in [4.69, 9.17) is 9.15 Å². The summed E-state index contributed by atoms with van der Waals surface area (Å²) in [6.45, 7) is 8.01. The molecule has 0 radical (unpaired) electrons. The molecule has 35 heavy (non-hydrogen) atoms. The highest BCUT2D eigenvalue weighted by molar-refractivity contribution is 5.77. The number of hydrogen-bond acceptors (Lipinski definition) is 5. The predicted molar refractivity (Wildman–Crippen MR) is 136 cm³/mol. The summed E-state index contributed by atoms with van der Waals surface area (Å²) in [4.78, 5) is 18.9. The Balaban J connectivity index is 1.42. The minimum absolute atomic E-state index is 0.437. The minimum Gasteiger partial charge on any atom is -0.493 e. The van der Waals surface area contributed by atoms with Gasteiger partial charge in [-0.15, -0.1) is 0 Å². The number of aromatic nitrogens is 1. The number of aliphatic carboxylic acids is 1. The fourth-order valence-corrected chi connectivity index (χ4v) is 4.47. The zero-order valence-corrected chi connectivity index (χ0v) is 20.7. The highest BCUT2D eigenvalue weighted by atomic mass is 16.5. The van der Waals surface area contributed by atoms with Gasteiger partial charge < -0.3 is 14.3 Å².